The van der Waals surface area contributed by atoms with Crippen LogP contribution in [0.2, 0.25) is 0 Å². The van der Waals surface area contributed by atoms with Crippen molar-refractivity contribution >= 4 is 11.7 Å². The molecule has 0 spiro atoms. The zero-order chi connectivity index (χ0) is 9.26. The molecule has 4 heteroatoms. The molecular weight excluding hydrogens is 166 g/mol. The number of nitrogens with two attached hydrogens (primary N) is 1. The summed E-state index contributed by atoms with van der Waals surface area (Å²) < 4.78 is 0. The summed E-state index contributed by atoms with van der Waals surface area (Å²) in [6.45, 7) is 0.678. The molecular formula is C9H11N3O. The average molecular weight is 177 g/mol. The fourth-order valence-electron chi connectivity index (χ4n) is 1.44. The van der Waals surface area contributed by atoms with Crippen molar-refractivity contribution in [2.45, 2.75) is 12.5 Å². The number of hydrogen-bond donors (Lipinski definition) is 1. The van der Waals surface area contributed by atoms with Gasteiger partial charge < -0.3 is 5.73 Å². The Kier molecular flexibility index (Phi) is 1.98. The summed E-state index contributed by atoms with van der Waals surface area (Å²) in [4.78, 5) is 17.2. The number of aromatic nitrogens is 1. The number of carbonyl (C=O) groups excluding carboxylic acids is 1. The third kappa shape index (κ3) is 1.40. The first kappa shape index (κ1) is 8.19. The van der Waals surface area contributed by atoms with E-state index in [1.807, 2.05) is 18.2 Å². The minimum absolute atomic E-state index is 0.0290. The van der Waals surface area contributed by atoms with Crippen LogP contribution < -0.4 is 10.6 Å². The molecule has 0 saturated carbocycles. The van der Waals surface area contributed by atoms with Crippen molar-refractivity contribution in [2.75, 3.05) is 11.4 Å². The Labute approximate surface area is 76.4 Å². The summed E-state index contributed by atoms with van der Waals surface area (Å²) in [5.41, 5.74) is 5.59. The van der Waals surface area contributed by atoms with Crippen LogP contribution in [-0.4, -0.2) is 23.5 Å². The van der Waals surface area contributed by atoms with Crippen LogP contribution in [0.3, 0.4) is 0 Å². The molecule has 68 valence electrons. The van der Waals surface area contributed by atoms with Crippen molar-refractivity contribution in [3.63, 3.8) is 0 Å². The summed E-state index contributed by atoms with van der Waals surface area (Å²) in [6.07, 6.45) is 2.39. The van der Waals surface area contributed by atoms with Crippen molar-refractivity contribution in [3.8, 4) is 0 Å². The van der Waals surface area contributed by atoms with E-state index in [4.69, 9.17) is 5.73 Å². The molecule has 2 heterocycles. The second-order valence-corrected chi connectivity index (χ2v) is 3.07. The van der Waals surface area contributed by atoms with Gasteiger partial charge in [0.25, 0.3) is 0 Å². The van der Waals surface area contributed by atoms with Gasteiger partial charge in [-0.1, -0.05) is 6.07 Å². The number of carbonyl (C=O) groups is 1. The second-order valence-electron chi connectivity index (χ2n) is 3.07. The molecule has 13 heavy (non-hydrogen) atoms. The lowest BCUT2D eigenvalue weighted by Crippen LogP contribution is -2.34. The number of amides is 1. The normalized spacial score (nSPS) is 22.4. The van der Waals surface area contributed by atoms with Crippen molar-refractivity contribution in [1.82, 2.24) is 4.98 Å². The fourth-order valence-corrected chi connectivity index (χ4v) is 1.44. The number of nitrogens with zero attached hydrogens (tertiary/aromatic N) is 2. The first-order valence-corrected chi connectivity index (χ1v) is 4.27. The van der Waals surface area contributed by atoms with Crippen LogP contribution in [-0.2, 0) is 4.79 Å². The Bertz CT molecular complexity index is 312. The fraction of sp³-hybridized carbons (Fsp3) is 0.333. The molecule has 0 bridgehead atoms. The van der Waals surface area contributed by atoms with Gasteiger partial charge in [-0.2, -0.15) is 0 Å². The van der Waals surface area contributed by atoms with E-state index in [9.17, 15) is 4.79 Å². The minimum atomic E-state index is -0.345. The third-order valence-corrected chi connectivity index (χ3v) is 2.17. The first-order valence-electron chi connectivity index (χ1n) is 4.27. The van der Waals surface area contributed by atoms with E-state index in [2.05, 4.69) is 4.98 Å². The van der Waals surface area contributed by atoms with E-state index in [0.717, 1.165) is 6.42 Å². The highest BCUT2D eigenvalue weighted by molar-refractivity contribution is 5.98. The van der Waals surface area contributed by atoms with E-state index < -0.39 is 0 Å². The monoisotopic (exact) mass is 177 g/mol. The number of hydrogen-bond acceptors (Lipinski definition) is 3. The lowest BCUT2D eigenvalue weighted by Gasteiger charge is -2.13. The SMILES string of the molecule is NC1CCN(c2ccccn2)C1=O. The van der Waals surface area contributed by atoms with Crippen molar-refractivity contribution < 1.29 is 4.79 Å². The van der Waals surface area contributed by atoms with Crippen molar-refractivity contribution in [2.24, 2.45) is 5.73 Å². The Hall–Kier alpha value is -1.42. The highest BCUT2D eigenvalue weighted by atomic mass is 16.2. The van der Waals surface area contributed by atoms with Gasteiger partial charge in [0.05, 0.1) is 6.04 Å². The molecule has 1 fully saturated rings. The Balaban J connectivity index is 2.24. The quantitative estimate of drug-likeness (QED) is 0.664. The predicted octanol–water partition coefficient (Wildman–Crippen LogP) is 0.146. The standard InChI is InChI=1S/C9H11N3O/c10-7-4-6-12(9(7)13)8-3-1-2-5-11-8/h1-3,5,7H,4,6,10H2. The molecule has 1 aliphatic heterocycles. The summed E-state index contributed by atoms with van der Waals surface area (Å²) in [5.74, 6) is 0.666. The van der Waals surface area contributed by atoms with Crippen LogP contribution in [0.4, 0.5) is 5.82 Å². The number of rotatable bonds is 1. The zero-order valence-corrected chi connectivity index (χ0v) is 7.18. The van der Waals surface area contributed by atoms with E-state index in [0.29, 0.717) is 12.4 Å². The largest absolute Gasteiger partial charge is 0.320 e. The molecule has 4 nitrogen and oxygen atoms in total. The lowest BCUT2D eigenvalue weighted by molar-refractivity contribution is -0.118. The Morgan fingerprint density at radius 3 is 2.92 bits per heavy atom. The maximum atomic E-state index is 11.5. The molecule has 1 aliphatic rings. The molecule has 1 aromatic heterocycles. The summed E-state index contributed by atoms with van der Waals surface area (Å²) in [5, 5.41) is 0. The smallest absolute Gasteiger partial charge is 0.245 e. The van der Waals surface area contributed by atoms with Gasteiger partial charge >= 0.3 is 0 Å². The van der Waals surface area contributed by atoms with Crippen LogP contribution in [0.15, 0.2) is 24.4 Å². The maximum Gasteiger partial charge on any atom is 0.245 e. The van der Waals surface area contributed by atoms with E-state index in [-0.39, 0.29) is 11.9 Å². The Morgan fingerprint density at radius 2 is 2.38 bits per heavy atom. The van der Waals surface area contributed by atoms with Crippen molar-refractivity contribution in [3.05, 3.63) is 24.4 Å². The van der Waals surface area contributed by atoms with Gasteiger partial charge in [0.15, 0.2) is 0 Å². The summed E-state index contributed by atoms with van der Waals surface area (Å²) in [6, 6.07) is 5.15. The van der Waals surface area contributed by atoms with Gasteiger partial charge in [-0.25, -0.2) is 4.98 Å². The molecule has 1 aromatic rings. The molecule has 0 aliphatic carbocycles. The topological polar surface area (TPSA) is 59.2 Å². The molecule has 0 radical (unpaired) electrons. The maximum absolute atomic E-state index is 11.5. The summed E-state index contributed by atoms with van der Waals surface area (Å²) in [7, 11) is 0. The van der Waals surface area contributed by atoms with Gasteiger partial charge in [-0.05, 0) is 18.6 Å². The van der Waals surface area contributed by atoms with E-state index >= 15 is 0 Å². The van der Waals surface area contributed by atoms with E-state index in [1.165, 1.54) is 0 Å². The molecule has 2 rings (SSSR count). The highest BCUT2D eigenvalue weighted by Crippen LogP contribution is 2.17. The van der Waals surface area contributed by atoms with E-state index in [1.54, 1.807) is 11.1 Å². The highest BCUT2D eigenvalue weighted by Gasteiger charge is 2.29. The summed E-state index contributed by atoms with van der Waals surface area (Å²) >= 11 is 0. The number of anilines is 1. The third-order valence-electron chi connectivity index (χ3n) is 2.17. The zero-order valence-electron chi connectivity index (χ0n) is 7.18. The Morgan fingerprint density at radius 1 is 1.54 bits per heavy atom. The van der Waals surface area contributed by atoms with Crippen LogP contribution >= 0.6 is 0 Å². The molecule has 1 saturated heterocycles. The molecule has 1 unspecified atom stereocenters. The van der Waals surface area contributed by atoms with Gasteiger partial charge in [0.2, 0.25) is 5.91 Å². The minimum Gasteiger partial charge on any atom is -0.320 e. The van der Waals surface area contributed by atoms with Crippen LogP contribution in [0.5, 0.6) is 0 Å². The molecule has 2 N–H and O–H groups in total. The van der Waals surface area contributed by atoms with Gasteiger partial charge in [0.1, 0.15) is 5.82 Å². The van der Waals surface area contributed by atoms with Crippen LogP contribution in [0.25, 0.3) is 0 Å². The lowest BCUT2D eigenvalue weighted by atomic mass is 10.3. The van der Waals surface area contributed by atoms with Crippen LogP contribution in [0, 0.1) is 0 Å². The molecule has 1 amide bonds. The van der Waals surface area contributed by atoms with Gasteiger partial charge in [-0.3, -0.25) is 9.69 Å². The predicted molar refractivity (Wildman–Crippen MR) is 49.2 cm³/mol. The average Bonchev–Trinajstić information content (AvgIpc) is 2.49. The molecule has 0 aromatic carbocycles. The first-order chi connectivity index (χ1) is 6.29. The van der Waals surface area contributed by atoms with Gasteiger partial charge in [-0.15, -0.1) is 0 Å². The van der Waals surface area contributed by atoms with Crippen molar-refractivity contribution in [1.29, 1.82) is 0 Å². The number of pyridine rings is 1. The van der Waals surface area contributed by atoms with Gasteiger partial charge in [0, 0.05) is 12.7 Å². The second kappa shape index (κ2) is 3.14. The van der Waals surface area contributed by atoms with Crippen LogP contribution in [0.1, 0.15) is 6.42 Å². The molecule has 1 atom stereocenters.